The normalized spacial score (nSPS) is 11.0. The fraction of sp³-hybridized carbons (Fsp3) is 0.118. The molecule has 0 aliphatic heterocycles. The number of benzene rings is 2. The minimum absolute atomic E-state index is 0.0925. The Hall–Kier alpha value is -1.70. The predicted octanol–water partition coefficient (Wildman–Crippen LogP) is 4.78. The van der Waals surface area contributed by atoms with E-state index in [1.807, 2.05) is 37.4 Å². The highest BCUT2D eigenvalue weighted by Gasteiger charge is 2.15. The lowest BCUT2D eigenvalue weighted by molar-refractivity contribution is 0.579. The zero-order valence-corrected chi connectivity index (χ0v) is 15.2. The van der Waals surface area contributed by atoms with Crippen LogP contribution >= 0.6 is 27.7 Å². The maximum absolute atomic E-state index is 14.2. The smallest absolute Gasteiger partial charge is 0.149 e. The van der Waals surface area contributed by atoms with Gasteiger partial charge in [0.1, 0.15) is 22.3 Å². The monoisotopic (exact) mass is 409 g/mol. The maximum Gasteiger partial charge on any atom is 0.149 e. The van der Waals surface area contributed by atoms with E-state index in [0.29, 0.717) is 11.6 Å². The minimum atomic E-state index is -0.522. The summed E-state index contributed by atoms with van der Waals surface area (Å²) in [7, 11) is 1.81. The third-order valence-electron chi connectivity index (χ3n) is 3.24. The molecule has 0 aliphatic carbocycles. The lowest BCUT2D eigenvalue weighted by Gasteiger charge is -2.08. The van der Waals surface area contributed by atoms with Crippen LogP contribution in [-0.2, 0) is 6.54 Å². The molecular weight excluding hydrogens is 396 g/mol. The highest BCUT2D eigenvalue weighted by atomic mass is 79.9. The Morgan fingerprint density at radius 2 is 2.00 bits per heavy atom. The second-order valence-corrected chi connectivity index (χ2v) is 7.08. The number of nitrogens with one attached hydrogen (secondary N) is 1. The molecule has 0 fully saturated rings. The molecule has 0 saturated heterocycles. The van der Waals surface area contributed by atoms with E-state index in [4.69, 9.17) is 0 Å². The van der Waals surface area contributed by atoms with Crippen LogP contribution in [0.4, 0.5) is 8.78 Å². The van der Waals surface area contributed by atoms with Crippen LogP contribution in [0.1, 0.15) is 5.69 Å². The van der Waals surface area contributed by atoms with Gasteiger partial charge in [0.25, 0.3) is 0 Å². The molecular formula is C17H14BrF2N3S. The third-order valence-corrected chi connectivity index (χ3v) is 4.72. The van der Waals surface area contributed by atoms with Crippen LogP contribution in [-0.4, -0.2) is 16.8 Å². The van der Waals surface area contributed by atoms with Gasteiger partial charge < -0.3 is 5.32 Å². The van der Waals surface area contributed by atoms with Gasteiger partial charge in [0.2, 0.25) is 0 Å². The SMILES string of the molecule is CNCc1cc(Sc2cccc(Br)c2)n(-c2cc(F)ccc2F)n1. The van der Waals surface area contributed by atoms with Gasteiger partial charge >= 0.3 is 0 Å². The number of halogens is 3. The van der Waals surface area contributed by atoms with Crippen molar-refractivity contribution in [2.75, 3.05) is 7.05 Å². The Kier molecular flexibility index (Phi) is 5.33. The Morgan fingerprint density at radius 1 is 1.17 bits per heavy atom. The minimum Gasteiger partial charge on any atom is -0.314 e. The molecule has 0 aliphatic rings. The van der Waals surface area contributed by atoms with Gasteiger partial charge in [-0.25, -0.2) is 13.5 Å². The van der Waals surface area contributed by atoms with Gasteiger partial charge in [0.15, 0.2) is 0 Å². The summed E-state index contributed by atoms with van der Waals surface area (Å²) in [4.78, 5) is 0.971. The second kappa shape index (κ2) is 7.46. The van der Waals surface area contributed by atoms with Crippen LogP contribution in [0.2, 0.25) is 0 Å². The van der Waals surface area contributed by atoms with E-state index in [2.05, 4.69) is 26.3 Å². The van der Waals surface area contributed by atoms with E-state index in [1.165, 1.54) is 16.4 Å². The van der Waals surface area contributed by atoms with E-state index in [1.54, 1.807) is 0 Å². The molecule has 1 heterocycles. The fourth-order valence-corrected chi connectivity index (χ4v) is 3.77. The molecule has 1 aromatic heterocycles. The van der Waals surface area contributed by atoms with Crippen molar-refractivity contribution in [3.05, 3.63) is 70.3 Å². The summed E-state index contributed by atoms with van der Waals surface area (Å²) >= 11 is 4.87. The molecule has 0 bridgehead atoms. The van der Waals surface area contributed by atoms with Gasteiger partial charge in [-0.05, 0) is 43.4 Å². The van der Waals surface area contributed by atoms with Gasteiger partial charge in [-0.3, -0.25) is 0 Å². The van der Waals surface area contributed by atoms with E-state index < -0.39 is 11.6 Å². The molecule has 0 saturated carbocycles. The van der Waals surface area contributed by atoms with Gasteiger partial charge in [0.05, 0.1) is 5.69 Å². The first-order chi connectivity index (χ1) is 11.6. The first kappa shape index (κ1) is 17.1. The van der Waals surface area contributed by atoms with Crippen molar-refractivity contribution in [3.8, 4) is 5.69 Å². The molecule has 3 nitrogen and oxygen atoms in total. The Bertz CT molecular complexity index is 867. The summed E-state index contributed by atoms with van der Waals surface area (Å²) < 4.78 is 30.1. The van der Waals surface area contributed by atoms with E-state index in [0.717, 1.165) is 33.3 Å². The number of aromatic nitrogens is 2. The van der Waals surface area contributed by atoms with Crippen LogP contribution < -0.4 is 5.32 Å². The average Bonchev–Trinajstić information content (AvgIpc) is 2.92. The van der Waals surface area contributed by atoms with Crippen LogP contribution in [0.25, 0.3) is 5.69 Å². The van der Waals surface area contributed by atoms with Crippen molar-refractivity contribution in [1.82, 2.24) is 15.1 Å². The summed E-state index contributed by atoms with van der Waals surface area (Å²) in [6.07, 6.45) is 0. The Balaban J connectivity index is 2.06. The molecule has 0 unspecified atom stereocenters. The zero-order chi connectivity index (χ0) is 17.1. The van der Waals surface area contributed by atoms with Crippen molar-refractivity contribution in [1.29, 1.82) is 0 Å². The van der Waals surface area contributed by atoms with Crippen molar-refractivity contribution >= 4 is 27.7 Å². The highest BCUT2D eigenvalue weighted by Crippen LogP contribution is 2.32. The molecule has 0 atom stereocenters. The molecule has 1 N–H and O–H groups in total. The van der Waals surface area contributed by atoms with Crippen molar-refractivity contribution in [2.45, 2.75) is 16.5 Å². The van der Waals surface area contributed by atoms with Gasteiger partial charge in [0, 0.05) is 22.0 Å². The molecule has 0 amide bonds. The third kappa shape index (κ3) is 3.85. The predicted molar refractivity (Wildman–Crippen MR) is 94.5 cm³/mol. The van der Waals surface area contributed by atoms with Gasteiger partial charge in [-0.15, -0.1) is 0 Å². The summed E-state index contributed by atoms with van der Waals surface area (Å²) in [6.45, 7) is 0.538. The summed E-state index contributed by atoms with van der Waals surface area (Å²) in [5, 5.41) is 8.13. The molecule has 3 aromatic rings. The number of nitrogens with zero attached hydrogens (tertiary/aromatic N) is 2. The molecule has 124 valence electrons. The van der Waals surface area contributed by atoms with Crippen LogP contribution in [0.5, 0.6) is 0 Å². The topological polar surface area (TPSA) is 29.9 Å². The molecule has 3 rings (SSSR count). The van der Waals surface area contributed by atoms with Crippen molar-refractivity contribution < 1.29 is 8.78 Å². The summed E-state index contributed by atoms with van der Waals surface area (Å²) in [6, 6.07) is 13.0. The molecule has 7 heteroatoms. The Labute approximate surface area is 151 Å². The van der Waals surface area contributed by atoms with Crippen LogP contribution in [0.3, 0.4) is 0 Å². The maximum atomic E-state index is 14.2. The van der Waals surface area contributed by atoms with Crippen LogP contribution in [0, 0.1) is 11.6 Å². The fourth-order valence-electron chi connectivity index (χ4n) is 2.22. The number of hydrogen-bond donors (Lipinski definition) is 1. The van der Waals surface area contributed by atoms with Crippen molar-refractivity contribution in [3.63, 3.8) is 0 Å². The second-order valence-electron chi connectivity index (χ2n) is 5.07. The van der Waals surface area contributed by atoms with Crippen molar-refractivity contribution in [2.24, 2.45) is 0 Å². The quantitative estimate of drug-likeness (QED) is 0.657. The molecule has 0 radical (unpaired) electrons. The lowest BCUT2D eigenvalue weighted by atomic mass is 10.3. The average molecular weight is 410 g/mol. The first-order valence-corrected chi connectivity index (χ1v) is 8.80. The molecule has 24 heavy (non-hydrogen) atoms. The number of hydrogen-bond acceptors (Lipinski definition) is 3. The summed E-state index contributed by atoms with van der Waals surface area (Å²) in [5.74, 6) is -1.03. The zero-order valence-electron chi connectivity index (χ0n) is 12.8. The molecule has 0 spiro atoms. The van der Waals surface area contributed by atoms with Gasteiger partial charge in [-0.1, -0.05) is 33.8 Å². The standard InChI is InChI=1S/C17H14BrF2N3S/c1-21-10-13-9-17(24-14-4-2-3-11(18)7-14)23(22-13)16-8-12(19)5-6-15(16)20/h2-9,21H,10H2,1H3. The number of rotatable bonds is 5. The first-order valence-electron chi connectivity index (χ1n) is 7.19. The van der Waals surface area contributed by atoms with E-state index >= 15 is 0 Å². The van der Waals surface area contributed by atoms with E-state index in [-0.39, 0.29) is 5.69 Å². The Morgan fingerprint density at radius 3 is 2.75 bits per heavy atom. The van der Waals surface area contributed by atoms with E-state index in [9.17, 15) is 8.78 Å². The molecule has 2 aromatic carbocycles. The van der Waals surface area contributed by atoms with Crippen LogP contribution in [0.15, 0.2) is 62.9 Å². The highest BCUT2D eigenvalue weighted by molar-refractivity contribution is 9.10. The lowest BCUT2D eigenvalue weighted by Crippen LogP contribution is -2.07. The summed E-state index contributed by atoms with van der Waals surface area (Å²) in [5.41, 5.74) is 0.841. The largest absolute Gasteiger partial charge is 0.314 e. The van der Waals surface area contributed by atoms with Gasteiger partial charge in [-0.2, -0.15) is 5.10 Å².